The van der Waals surface area contributed by atoms with Crippen molar-refractivity contribution in [2.75, 3.05) is 18.9 Å². The second kappa shape index (κ2) is 6.97. The van der Waals surface area contributed by atoms with Crippen molar-refractivity contribution < 1.29 is 13.2 Å². The summed E-state index contributed by atoms with van der Waals surface area (Å²) >= 11 is 12.5. The second-order valence-corrected chi connectivity index (χ2v) is 8.80. The van der Waals surface area contributed by atoms with Crippen LogP contribution in [0.2, 0.25) is 9.36 Å². The maximum atomic E-state index is 12.3. The highest BCUT2D eigenvalue weighted by Crippen LogP contribution is 2.27. The molecule has 22 heavy (non-hydrogen) atoms. The number of sulfonamides is 1. The van der Waals surface area contributed by atoms with E-state index in [1.54, 1.807) is 24.3 Å². The Labute approximate surface area is 142 Å². The molecule has 2 aromatic rings. The molecule has 0 spiro atoms. The first-order valence-corrected chi connectivity index (χ1v) is 9.07. The molecule has 0 unspecified atom stereocenters. The lowest BCUT2D eigenvalue weighted by atomic mass is 10.3. The van der Waals surface area contributed by atoms with E-state index in [0.717, 1.165) is 15.6 Å². The van der Waals surface area contributed by atoms with Crippen LogP contribution >= 0.6 is 34.5 Å². The van der Waals surface area contributed by atoms with Gasteiger partial charge in [0.25, 0.3) is 10.0 Å². The summed E-state index contributed by atoms with van der Waals surface area (Å²) in [5.41, 5.74) is 0.502. The van der Waals surface area contributed by atoms with Gasteiger partial charge in [-0.05, 0) is 30.3 Å². The summed E-state index contributed by atoms with van der Waals surface area (Å²) in [7, 11) is -2.40. The van der Waals surface area contributed by atoms with Gasteiger partial charge in [0.15, 0.2) is 0 Å². The fourth-order valence-electron chi connectivity index (χ4n) is 1.64. The van der Waals surface area contributed by atoms with Crippen LogP contribution in [-0.2, 0) is 14.8 Å². The SMILES string of the molecule is CN(CC(=O)Nc1cccc(Cl)c1)S(=O)(=O)c1ccc(Cl)s1. The lowest BCUT2D eigenvalue weighted by Gasteiger charge is -2.15. The normalized spacial score (nSPS) is 11.6. The molecule has 1 aromatic heterocycles. The molecule has 1 amide bonds. The zero-order valence-corrected chi connectivity index (χ0v) is 14.6. The zero-order chi connectivity index (χ0) is 16.3. The third-order valence-electron chi connectivity index (χ3n) is 2.69. The Bertz CT molecular complexity index is 790. The van der Waals surface area contributed by atoms with Gasteiger partial charge in [0, 0.05) is 17.8 Å². The van der Waals surface area contributed by atoms with E-state index in [1.807, 2.05) is 0 Å². The van der Waals surface area contributed by atoms with Gasteiger partial charge in [-0.3, -0.25) is 4.79 Å². The summed E-state index contributed by atoms with van der Waals surface area (Å²) in [6.07, 6.45) is 0. The van der Waals surface area contributed by atoms with Gasteiger partial charge in [0.2, 0.25) is 5.91 Å². The topological polar surface area (TPSA) is 66.5 Å². The van der Waals surface area contributed by atoms with Gasteiger partial charge >= 0.3 is 0 Å². The molecule has 5 nitrogen and oxygen atoms in total. The standard InChI is InChI=1S/C13H12Cl2N2O3S2/c1-17(22(19,20)13-6-5-11(15)21-13)8-12(18)16-10-4-2-3-9(14)7-10/h2-7H,8H2,1H3,(H,16,18). The molecule has 0 radical (unpaired) electrons. The van der Waals surface area contributed by atoms with E-state index in [-0.39, 0.29) is 10.8 Å². The highest BCUT2D eigenvalue weighted by atomic mass is 35.5. The minimum atomic E-state index is -3.73. The fourth-order valence-corrected chi connectivity index (χ4v) is 4.65. The Morgan fingerprint density at radius 1 is 1.27 bits per heavy atom. The second-order valence-electron chi connectivity index (χ2n) is 4.38. The Balaban J connectivity index is 2.05. The van der Waals surface area contributed by atoms with Crippen LogP contribution in [0.5, 0.6) is 0 Å². The summed E-state index contributed by atoms with van der Waals surface area (Å²) in [6.45, 7) is -0.315. The molecular weight excluding hydrogens is 367 g/mol. The first-order chi connectivity index (χ1) is 10.3. The first-order valence-electron chi connectivity index (χ1n) is 6.06. The number of likely N-dealkylation sites (N-methyl/N-ethyl adjacent to an activating group) is 1. The van der Waals surface area contributed by atoms with E-state index in [4.69, 9.17) is 23.2 Å². The van der Waals surface area contributed by atoms with Gasteiger partial charge < -0.3 is 5.32 Å². The number of anilines is 1. The number of carbonyl (C=O) groups excluding carboxylic acids is 1. The quantitative estimate of drug-likeness (QED) is 0.867. The van der Waals surface area contributed by atoms with E-state index in [2.05, 4.69) is 5.32 Å². The lowest BCUT2D eigenvalue weighted by molar-refractivity contribution is -0.116. The van der Waals surface area contributed by atoms with E-state index >= 15 is 0 Å². The molecule has 0 bridgehead atoms. The zero-order valence-electron chi connectivity index (χ0n) is 11.4. The monoisotopic (exact) mass is 378 g/mol. The van der Waals surface area contributed by atoms with Crippen LogP contribution in [0.15, 0.2) is 40.6 Å². The van der Waals surface area contributed by atoms with Crippen LogP contribution in [0, 0.1) is 0 Å². The van der Waals surface area contributed by atoms with Crippen molar-refractivity contribution >= 4 is 56.2 Å². The summed E-state index contributed by atoms with van der Waals surface area (Å²) < 4.78 is 26.0. The Morgan fingerprint density at radius 3 is 2.59 bits per heavy atom. The van der Waals surface area contributed by atoms with Gasteiger partial charge in [0.05, 0.1) is 10.9 Å². The molecule has 9 heteroatoms. The van der Waals surface area contributed by atoms with E-state index in [9.17, 15) is 13.2 Å². The molecule has 0 atom stereocenters. The van der Waals surface area contributed by atoms with Crippen molar-refractivity contribution in [2.45, 2.75) is 4.21 Å². The average Bonchev–Trinajstić information content (AvgIpc) is 2.85. The number of hydrogen-bond donors (Lipinski definition) is 1. The van der Waals surface area contributed by atoms with Gasteiger partial charge in [-0.15, -0.1) is 11.3 Å². The fraction of sp³-hybridized carbons (Fsp3) is 0.154. The van der Waals surface area contributed by atoms with Crippen molar-refractivity contribution in [1.82, 2.24) is 4.31 Å². The molecule has 0 aliphatic rings. The van der Waals surface area contributed by atoms with E-state index in [1.165, 1.54) is 19.2 Å². The number of hydrogen-bond acceptors (Lipinski definition) is 4. The number of nitrogens with zero attached hydrogens (tertiary/aromatic N) is 1. The van der Waals surface area contributed by atoms with Gasteiger partial charge in [-0.1, -0.05) is 29.3 Å². The maximum Gasteiger partial charge on any atom is 0.252 e. The lowest BCUT2D eigenvalue weighted by Crippen LogP contribution is -2.34. The molecule has 0 aliphatic heterocycles. The third kappa shape index (κ3) is 4.21. The van der Waals surface area contributed by atoms with Crippen LogP contribution in [0.4, 0.5) is 5.69 Å². The Kier molecular flexibility index (Phi) is 5.46. The van der Waals surface area contributed by atoms with Crippen molar-refractivity contribution in [3.8, 4) is 0 Å². The van der Waals surface area contributed by atoms with E-state index < -0.39 is 15.9 Å². The molecule has 118 valence electrons. The summed E-state index contributed by atoms with van der Waals surface area (Å²) in [5.74, 6) is -0.462. The average molecular weight is 379 g/mol. The van der Waals surface area contributed by atoms with E-state index in [0.29, 0.717) is 15.0 Å². The minimum absolute atomic E-state index is 0.0931. The Hall–Kier alpha value is -1.12. The number of nitrogens with one attached hydrogen (secondary N) is 1. The summed E-state index contributed by atoms with van der Waals surface area (Å²) in [5, 5.41) is 3.07. The predicted octanol–water partition coefficient (Wildman–Crippen LogP) is 3.31. The molecule has 1 heterocycles. The molecule has 0 fully saturated rings. The molecule has 1 N–H and O–H groups in total. The molecular formula is C13H12Cl2N2O3S2. The van der Waals surface area contributed by atoms with Crippen LogP contribution in [0.25, 0.3) is 0 Å². The number of rotatable bonds is 5. The number of amides is 1. The van der Waals surface area contributed by atoms with Crippen molar-refractivity contribution in [3.05, 3.63) is 45.8 Å². The highest BCUT2D eigenvalue weighted by molar-refractivity contribution is 7.91. The Morgan fingerprint density at radius 2 is 2.00 bits per heavy atom. The molecule has 0 aliphatic carbocycles. The highest BCUT2D eigenvalue weighted by Gasteiger charge is 2.24. The smallest absolute Gasteiger partial charge is 0.252 e. The number of halogens is 2. The summed E-state index contributed by atoms with van der Waals surface area (Å²) in [6, 6.07) is 9.51. The van der Waals surface area contributed by atoms with Gasteiger partial charge in [0.1, 0.15) is 4.21 Å². The first kappa shape index (κ1) is 17.2. The van der Waals surface area contributed by atoms with Crippen LogP contribution in [0.1, 0.15) is 0 Å². The largest absolute Gasteiger partial charge is 0.325 e. The molecule has 0 saturated carbocycles. The van der Waals surface area contributed by atoms with Crippen molar-refractivity contribution in [1.29, 1.82) is 0 Å². The van der Waals surface area contributed by atoms with Crippen molar-refractivity contribution in [3.63, 3.8) is 0 Å². The van der Waals surface area contributed by atoms with Crippen LogP contribution < -0.4 is 5.32 Å². The van der Waals surface area contributed by atoms with Crippen molar-refractivity contribution in [2.24, 2.45) is 0 Å². The number of thiophene rings is 1. The van der Waals surface area contributed by atoms with Gasteiger partial charge in [-0.2, -0.15) is 4.31 Å². The summed E-state index contributed by atoms with van der Waals surface area (Å²) in [4.78, 5) is 11.9. The number of carbonyl (C=O) groups is 1. The third-order valence-corrected chi connectivity index (χ3v) is 6.42. The molecule has 2 rings (SSSR count). The van der Waals surface area contributed by atoms with Gasteiger partial charge in [-0.25, -0.2) is 8.42 Å². The van der Waals surface area contributed by atoms with Crippen LogP contribution in [0.3, 0.4) is 0 Å². The minimum Gasteiger partial charge on any atom is -0.325 e. The molecule has 1 aromatic carbocycles. The number of benzene rings is 1. The van der Waals surface area contributed by atoms with Crippen LogP contribution in [-0.4, -0.2) is 32.2 Å². The predicted molar refractivity (Wildman–Crippen MR) is 89.2 cm³/mol. The molecule has 0 saturated heterocycles. The maximum absolute atomic E-state index is 12.3.